The number of aliphatic carboxylic acids is 1. The van der Waals surface area contributed by atoms with Crippen molar-refractivity contribution < 1.29 is 14.6 Å². The summed E-state index contributed by atoms with van der Waals surface area (Å²) < 4.78 is 5.39. The number of hydrogen-bond acceptors (Lipinski definition) is 5. The van der Waals surface area contributed by atoms with E-state index >= 15 is 0 Å². The van der Waals surface area contributed by atoms with E-state index in [1.54, 1.807) is 13.8 Å². The van der Waals surface area contributed by atoms with Gasteiger partial charge in [-0.3, -0.25) is 4.79 Å². The van der Waals surface area contributed by atoms with Gasteiger partial charge in [0.25, 0.3) is 0 Å². The molecule has 0 spiro atoms. The van der Waals surface area contributed by atoms with E-state index in [2.05, 4.69) is 16.8 Å². The second-order valence-electron chi connectivity index (χ2n) is 5.06. The van der Waals surface area contributed by atoms with Crippen molar-refractivity contribution in [3.8, 4) is 0 Å². The first kappa shape index (κ1) is 13.3. The van der Waals surface area contributed by atoms with Crippen LogP contribution in [0.3, 0.4) is 0 Å². The summed E-state index contributed by atoms with van der Waals surface area (Å²) in [6.07, 6.45) is 0. The van der Waals surface area contributed by atoms with Gasteiger partial charge in [-0.15, -0.1) is 11.3 Å². The summed E-state index contributed by atoms with van der Waals surface area (Å²) in [5.41, 5.74) is -0.321. The molecule has 100 valence electrons. The molecule has 0 radical (unpaired) electrons. The molecule has 2 heterocycles. The van der Waals surface area contributed by atoms with Crippen LogP contribution in [0.5, 0.6) is 0 Å². The van der Waals surface area contributed by atoms with E-state index in [1.807, 2.05) is 5.38 Å². The Morgan fingerprint density at radius 2 is 2.39 bits per heavy atom. The highest BCUT2D eigenvalue weighted by Crippen LogP contribution is 2.30. The van der Waals surface area contributed by atoms with Crippen LogP contribution in [-0.4, -0.2) is 41.9 Å². The first-order valence-corrected chi connectivity index (χ1v) is 6.84. The van der Waals surface area contributed by atoms with Crippen molar-refractivity contribution in [3.05, 3.63) is 11.1 Å². The van der Waals surface area contributed by atoms with Crippen LogP contribution in [0, 0.1) is 0 Å². The molecule has 1 atom stereocenters. The van der Waals surface area contributed by atoms with Crippen LogP contribution in [-0.2, 0) is 14.9 Å². The van der Waals surface area contributed by atoms with Crippen LogP contribution < -0.4 is 4.90 Å². The fourth-order valence-electron chi connectivity index (χ4n) is 1.80. The van der Waals surface area contributed by atoms with Gasteiger partial charge in [-0.1, -0.05) is 0 Å². The molecule has 1 aromatic rings. The highest BCUT2D eigenvalue weighted by molar-refractivity contribution is 7.13. The van der Waals surface area contributed by atoms with Crippen LogP contribution in [0.15, 0.2) is 5.38 Å². The van der Waals surface area contributed by atoms with Gasteiger partial charge < -0.3 is 14.7 Å². The largest absolute Gasteiger partial charge is 0.481 e. The van der Waals surface area contributed by atoms with E-state index in [-0.39, 0.29) is 6.04 Å². The van der Waals surface area contributed by atoms with Gasteiger partial charge in [-0.05, 0) is 20.8 Å². The molecule has 5 nitrogen and oxygen atoms in total. The Labute approximate surface area is 110 Å². The highest BCUT2D eigenvalue weighted by atomic mass is 32.1. The first-order valence-electron chi connectivity index (χ1n) is 5.96. The Hall–Kier alpha value is -1.14. The molecular formula is C12H18N2O3S. The minimum absolute atomic E-state index is 0.283. The molecule has 0 amide bonds. The lowest BCUT2D eigenvalue weighted by Gasteiger charge is -2.33. The Bertz CT molecular complexity index is 444. The van der Waals surface area contributed by atoms with E-state index in [4.69, 9.17) is 4.74 Å². The number of nitrogens with zero attached hydrogens (tertiary/aromatic N) is 2. The molecule has 1 aromatic heterocycles. The third-order valence-electron chi connectivity index (χ3n) is 3.28. The fourth-order valence-corrected chi connectivity index (χ4v) is 2.93. The standard InChI is InChI=1S/C12H18N2O3S/c1-8-6-17-5-4-14(8)11-13-9(7-18-11)12(2,3)10(15)16/h7-8H,4-6H2,1-3H3,(H,15,16). The molecule has 1 N–H and O–H groups in total. The zero-order valence-electron chi connectivity index (χ0n) is 10.8. The minimum atomic E-state index is -0.940. The molecule has 0 aromatic carbocycles. The van der Waals surface area contributed by atoms with Gasteiger partial charge in [-0.2, -0.15) is 0 Å². The molecule has 1 aliphatic heterocycles. The lowest BCUT2D eigenvalue weighted by molar-refractivity contribution is -0.142. The van der Waals surface area contributed by atoms with Gasteiger partial charge in [0.1, 0.15) is 5.41 Å². The summed E-state index contributed by atoms with van der Waals surface area (Å²) in [6.45, 7) is 7.64. The maximum absolute atomic E-state index is 11.2. The molecule has 18 heavy (non-hydrogen) atoms. The number of thiazole rings is 1. The van der Waals surface area contributed by atoms with Gasteiger partial charge >= 0.3 is 5.97 Å². The summed E-state index contributed by atoms with van der Waals surface area (Å²) in [5.74, 6) is -0.852. The van der Waals surface area contributed by atoms with E-state index in [0.29, 0.717) is 18.9 Å². The number of carboxylic acid groups (broad SMARTS) is 1. The molecule has 1 aliphatic rings. The second kappa shape index (κ2) is 4.85. The predicted octanol–water partition coefficient (Wildman–Crippen LogP) is 1.73. The highest BCUT2D eigenvalue weighted by Gasteiger charge is 2.33. The number of carboxylic acids is 1. The van der Waals surface area contributed by atoms with E-state index in [1.165, 1.54) is 11.3 Å². The molecule has 1 fully saturated rings. The van der Waals surface area contributed by atoms with Gasteiger partial charge in [0.05, 0.1) is 24.9 Å². The number of rotatable bonds is 3. The molecule has 6 heteroatoms. The van der Waals surface area contributed by atoms with Gasteiger partial charge in [0.2, 0.25) is 0 Å². The third-order valence-corrected chi connectivity index (χ3v) is 4.16. The van der Waals surface area contributed by atoms with Gasteiger partial charge in [0, 0.05) is 11.9 Å². The van der Waals surface area contributed by atoms with Crippen molar-refractivity contribution in [2.75, 3.05) is 24.7 Å². The molecular weight excluding hydrogens is 252 g/mol. The smallest absolute Gasteiger partial charge is 0.315 e. The normalized spacial score (nSPS) is 21.1. The van der Waals surface area contributed by atoms with Crippen LogP contribution in [0.2, 0.25) is 0 Å². The average Bonchev–Trinajstić information content (AvgIpc) is 2.79. The number of anilines is 1. The van der Waals surface area contributed by atoms with Gasteiger partial charge in [0.15, 0.2) is 5.13 Å². The number of ether oxygens (including phenoxy) is 1. The Balaban J connectivity index is 2.22. The van der Waals surface area contributed by atoms with Crippen molar-refractivity contribution in [2.24, 2.45) is 0 Å². The molecule has 2 rings (SSSR count). The topological polar surface area (TPSA) is 62.7 Å². The van der Waals surface area contributed by atoms with Crippen molar-refractivity contribution >= 4 is 22.4 Å². The zero-order valence-corrected chi connectivity index (χ0v) is 11.7. The average molecular weight is 270 g/mol. The van der Waals surface area contributed by atoms with Crippen molar-refractivity contribution in [1.29, 1.82) is 0 Å². The maximum atomic E-state index is 11.2. The number of carbonyl (C=O) groups is 1. The SMILES string of the molecule is CC1COCCN1c1nc(C(C)(C)C(=O)O)cs1. The summed E-state index contributed by atoms with van der Waals surface area (Å²) in [6, 6.07) is 0.283. The van der Waals surface area contributed by atoms with Crippen molar-refractivity contribution in [3.63, 3.8) is 0 Å². The Morgan fingerprint density at radius 3 is 3.00 bits per heavy atom. The molecule has 1 saturated heterocycles. The maximum Gasteiger partial charge on any atom is 0.315 e. The summed E-state index contributed by atoms with van der Waals surface area (Å²) in [4.78, 5) is 17.9. The van der Waals surface area contributed by atoms with Crippen molar-refractivity contribution in [1.82, 2.24) is 4.98 Å². The lowest BCUT2D eigenvalue weighted by Crippen LogP contribution is -2.43. The predicted molar refractivity (Wildman–Crippen MR) is 70.4 cm³/mol. The minimum Gasteiger partial charge on any atom is -0.481 e. The van der Waals surface area contributed by atoms with Crippen LogP contribution in [0.1, 0.15) is 26.5 Å². The second-order valence-corrected chi connectivity index (χ2v) is 5.90. The Kier molecular flexibility index (Phi) is 3.59. The van der Waals surface area contributed by atoms with Crippen molar-refractivity contribution in [2.45, 2.75) is 32.2 Å². The van der Waals surface area contributed by atoms with E-state index in [9.17, 15) is 9.90 Å². The van der Waals surface area contributed by atoms with Gasteiger partial charge in [-0.25, -0.2) is 4.98 Å². The fraction of sp³-hybridized carbons (Fsp3) is 0.667. The third kappa shape index (κ3) is 2.35. The molecule has 0 saturated carbocycles. The van der Waals surface area contributed by atoms with Crippen LogP contribution >= 0.6 is 11.3 Å². The van der Waals surface area contributed by atoms with Crippen LogP contribution in [0.4, 0.5) is 5.13 Å². The molecule has 1 unspecified atom stereocenters. The Morgan fingerprint density at radius 1 is 1.67 bits per heavy atom. The zero-order chi connectivity index (χ0) is 13.3. The summed E-state index contributed by atoms with van der Waals surface area (Å²) in [7, 11) is 0. The van der Waals surface area contributed by atoms with Crippen LogP contribution in [0.25, 0.3) is 0 Å². The summed E-state index contributed by atoms with van der Waals surface area (Å²) in [5, 5.41) is 11.9. The monoisotopic (exact) mass is 270 g/mol. The first-order chi connectivity index (χ1) is 8.43. The lowest BCUT2D eigenvalue weighted by atomic mass is 9.90. The number of hydrogen-bond donors (Lipinski definition) is 1. The molecule has 0 aliphatic carbocycles. The number of aromatic nitrogens is 1. The quantitative estimate of drug-likeness (QED) is 0.906. The van der Waals surface area contributed by atoms with E-state index in [0.717, 1.165) is 11.7 Å². The number of morpholine rings is 1. The molecule has 0 bridgehead atoms. The van der Waals surface area contributed by atoms with E-state index < -0.39 is 11.4 Å². The summed E-state index contributed by atoms with van der Waals surface area (Å²) >= 11 is 1.50.